The zero-order valence-corrected chi connectivity index (χ0v) is 13.9. The van der Waals surface area contributed by atoms with Gasteiger partial charge in [0.2, 0.25) is 5.91 Å². The van der Waals surface area contributed by atoms with E-state index in [1.165, 1.54) is 0 Å². The summed E-state index contributed by atoms with van der Waals surface area (Å²) in [7, 11) is 0. The number of para-hydroxylation sites is 1. The van der Waals surface area contributed by atoms with Gasteiger partial charge in [0.1, 0.15) is 12.2 Å². The average molecular weight is 386 g/mol. The SMILES string of the molecule is O=C(Nc1cc(C(F)(F)F)ccc1Cl)C1NNNC1Nc1ccccc1. The fraction of sp³-hybridized carbons (Fsp3) is 0.188. The molecule has 2 aromatic rings. The van der Waals surface area contributed by atoms with Crippen LogP contribution < -0.4 is 27.0 Å². The van der Waals surface area contributed by atoms with Crippen LogP contribution in [0.3, 0.4) is 0 Å². The van der Waals surface area contributed by atoms with Crippen LogP contribution in [-0.2, 0) is 11.0 Å². The van der Waals surface area contributed by atoms with Crippen LogP contribution in [0.1, 0.15) is 5.56 Å². The molecule has 138 valence electrons. The van der Waals surface area contributed by atoms with E-state index >= 15 is 0 Å². The standard InChI is InChI=1S/C16H15ClF3N5O/c17-11-7-6-9(16(18,19)20)8-12(11)22-15(26)13-14(24-25-23-13)21-10-4-2-1-3-5-10/h1-8,13-14,21,23-25H,(H,22,26). The molecule has 6 nitrogen and oxygen atoms in total. The highest BCUT2D eigenvalue weighted by Gasteiger charge is 2.34. The zero-order chi connectivity index (χ0) is 18.7. The molecule has 5 N–H and O–H groups in total. The highest BCUT2D eigenvalue weighted by atomic mass is 35.5. The largest absolute Gasteiger partial charge is 0.416 e. The Morgan fingerprint density at radius 1 is 1.08 bits per heavy atom. The number of hydrazine groups is 2. The molecule has 0 spiro atoms. The minimum absolute atomic E-state index is 0.0119. The Hall–Kier alpha value is -2.33. The summed E-state index contributed by atoms with van der Waals surface area (Å²) < 4.78 is 38.5. The van der Waals surface area contributed by atoms with Gasteiger partial charge in [0.25, 0.3) is 0 Å². The van der Waals surface area contributed by atoms with E-state index in [4.69, 9.17) is 11.6 Å². The summed E-state index contributed by atoms with van der Waals surface area (Å²) >= 11 is 5.91. The lowest BCUT2D eigenvalue weighted by Crippen LogP contribution is -2.48. The third kappa shape index (κ3) is 4.25. The number of benzene rings is 2. The molecule has 2 unspecified atom stereocenters. The number of nitrogens with one attached hydrogen (secondary N) is 5. The van der Waals surface area contributed by atoms with Gasteiger partial charge in [0.15, 0.2) is 0 Å². The first-order valence-corrected chi connectivity index (χ1v) is 7.97. The Morgan fingerprint density at radius 2 is 1.81 bits per heavy atom. The van der Waals surface area contributed by atoms with Crippen LogP contribution in [0.5, 0.6) is 0 Å². The van der Waals surface area contributed by atoms with Crippen molar-refractivity contribution in [3.05, 3.63) is 59.1 Å². The molecule has 0 saturated carbocycles. The molecule has 10 heteroatoms. The third-order valence-corrected chi connectivity index (χ3v) is 4.05. The predicted molar refractivity (Wildman–Crippen MR) is 92.1 cm³/mol. The van der Waals surface area contributed by atoms with Crippen molar-refractivity contribution in [2.75, 3.05) is 10.6 Å². The fourth-order valence-corrected chi connectivity index (χ4v) is 2.59. The summed E-state index contributed by atoms with van der Waals surface area (Å²) in [4.78, 5) is 12.5. The number of hydrogen-bond donors (Lipinski definition) is 5. The fourth-order valence-electron chi connectivity index (χ4n) is 2.42. The second kappa shape index (κ2) is 7.50. The quantitative estimate of drug-likeness (QED) is 0.559. The molecule has 2 atom stereocenters. The second-order valence-corrected chi connectivity index (χ2v) is 5.97. The molecular weight excluding hydrogens is 371 g/mol. The molecule has 2 aromatic carbocycles. The zero-order valence-electron chi connectivity index (χ0n) is 13.2. The van der Waals surface area contributed by atoms with Gasteiger partial charge < -0.3 is 10.6 Å². The van der Waals surface area contributed by atoms with Gasteiger partial charge in [-0.15, -0.1) is 0 Å². The molecule has 0 bridgehead atoms. The van der Waals surface area contributed by atoms with E-state index in [2.05, 4.69) is 27.0 Å². The minimum atomic E-state index is -4.53. The first-order chi connectivity index (χ1) is 12.3. The maximum Gasteiger partial charge on any atom is 0.416 e. The van der Waals surface area contributed by atoms with Crippen LogP contribution in [0.15, 0.2) is 48.5 Å². The summed E-state index contributed by atoms with van der Waals surface area (Å²) in [5.74, 6) is -0.558. The van der Waals surface area contributed by atoms with Gasteiger partial charge in [-0.05, 0) is 30.3 Å². The molecule has 1 amide bonds. The molecule has 1 fully saturated rings. The Balaban J connectivity index is 1.73. The number of hydrogen-bond acceptors (Lipinski definition) is 5. The number of amides is 1. The van der Waals surface area contributed by atoms with Crippen molar-refractivity contribution in [2.45, 2.75) is 18.4 Å². The average Bonchev–Trinajstić information content (AvgIpc) is 3.05. The van der Waals surface area contributed by atoms with E-state index in [9.17, 15) is 18.0 Å². The van der Waals surface area contributed by atoms with E-state index in [0.717, 1.165) is 23.9 Å². The number of alkyl halides is 3. The number of rotatable bonds is 4. The molecule has 0 aromatic heterocycles. The Bertz CT molecular complexity index is 787. The van der Waals surface area contributed by atoms with Crippen LogP contribution in [-0.4, -0.2) is 18.1 Å². The molecule has 0 aliphatic carbocycles. The van der Waals surface area contributed by atoms with Crippen LogP contribution in [0.2, 0.25) is 5.02 Å². The van der Waals surface area contributed by atoms with Crippen molar-refractivity contribution in [1.29, 1.82) is 0 Å². The monoisotopic (exact) mass is 385 g/mol. The maximum atomic E-state index is 12.8. The van der Waals surface area contributed by atoms with Crippen molar-refractivity contribution in [2.24, 2.45) is 0 Å². The normalized spacial score (nSPS) is 20.0. The van der Waals surface area contributed by atoms with E-state index < -0.39 is 29.9 Å². The van der Waals surface area contributed by atoms with E-state index in [1.807, 2.05) is 30.3 Å². The summed E-state index contributed by atoms with van der Waals surface area (Å²) in [5, 5.41) is 5.54. The van der Waals surface area contributed by atoms with E-state index in [0.29, 0.717) is 0 Å². The molecular formula is C16H15ClF3N5O. The lowest BCUT2D eigenvalue weighted by atomic mass is 10.1. The topological polar surface area (TPSA) is 77.2 Å². The molecule has 1 heterocycles. The van der Waals surface area contributed by atoms with Gasteiger partial charge in [0.05, 0.1) is 16.3 Å². The molecule has 1 aliphatic rings. The second-order valence-electron chi connectivity index (χ2n) is 5.56. The van der Waals surface area contributed by atoms with Crippen LogP contribution >= 0.6 is 11.6 Å². The van der Waals surface area contributed by atoms with Crippen molar-refractivity contribution in [3.63, 3.8) is 0 Å². The molecule has 26 heavy (non-hydrogen) atoms. The Labute approximate surface area is 152 Å². The predicted octanol–water partition coefficient (Wildman–Crippen LogP) is 2.72. The Kier molecular flexibility index (Phi) is 5.33. The minimum Gasteiger partial charge on any atom is -0.367 e. The molecule has 3 rings (SSSR count). The first-order valence-electron chi connectivity index (χ1n) is 7.60. The van der Waals surface area contributed by atoms with Gasteiger partial charge in [-0.2, -0.15) is 18.7 Å². The van der Waals surface area contributed by atoms with Gasteiger partial charge in [-0.25, -0.2) is 10.9 Å². The summed E-state index contributed by atoms with van der Waals surface area (Å²) in [6.07, 6.45) is -5.07. The van der Waals surface area contributed by atoms with Crippen LogP contribution in [0, 0.1) is 0 Å². The highest BCUT2D eigenvalue weighted by molar-refractivity contribution is 6.33. The molecule has 1 aliphatic heterocycles. The van der Waals surface area contributed by atoms with Gasteiger partial charge in [-0.1, -0.05) is 29.8 Å². The van der Waals surface area contributed by atoms with Crippen molar-refractivity contribution < 1.29 is 18.0 Å². The molecule has 0 radical (unpaired) electrons. The maximum absolute atomic E-state index is 12.8. The van der Waals surface area contributed by atoms with Gasteiger partial charge in [0, 0.05) is 5.69 Å². The molecule has 1 saturated heterocycles. The van der Waals surface area contributed by atoms with Crippen molar-refractivity contribution >= 4 is 28.9 Å². The van der Waals surface area contributed by atoms with Crippen molar-refractivity contribution in [1.82, 2.24) is 16.4 Å². The number of carbonyl (C=O) groups is 1. The van der Waals surface area contributed by atoms with E-state index in [1.54, 1.807) is 0 Å². The summed E-state index contributed by atoms with van der Waals surface area (Å²) in [6.45, 7) is 0. The summed E-state index contributed by atoms with van der Waals surface area (Å²) in [5.41, 5.74) is 7.92. The van der Waals surface area contributed by atoms with Gasteiger partial charge >= 0.3 is 6.18 Å². The van der Waals surface area contributed by atoms with Crippen LogP contribution in [0.25, 0.3) is 0 Å². The Morgan fingerprint density at radius 3 is 2.50 bits per heavy atom. The lowest BCUT2D eigenvalue weighted by molar-refractivity contribution is -0.137. The van der Waals surface area contributed by atoms with E-state index in [-0.39, 0.29) is 10.7 Å². The first kappa shape index (κ1) is 18.5. The summed E-state index contributed by atoms with van der Waals surface area (Å²) in [6, 6.07) is 11.1. The lowest BCUT2D eigenvalue weighted by Gasteiger charge is -2.20. The van der Waals surface area contributed by atoms with Crippen LogP contribution in [0.4, 0.5) is 24.5 Å². The van der Waals surface area contributed by atoms with Crippen molar-refractivity contribution in [3.8, 4) is 0 Å². The third-order valence-electron chi connectivity index (χ3n) is 3.72. The highest BCUT2D eigenvalue weighted by Crippen LogP contribution is 2.33. The number of anilines is 2. The smallest absolute Gasteiger partial charge is 0.367 e. The van der Waals surface area contributed by atoms with Gasteiger partial charge in [-0.3, -0.25) is 4.79 Å². The number of carbonyl (C=O) groups excluding carboxylic acids is 1. The number of halogens is 4.